The molecule has 0 aliphatic heterocycles. The molecular formula is C15H24FN3O. The Morgan fingerprint density at radius 3 is 2.90 bits per heavy atom. The number of nitrogens with one attached hydrogen (secondary N) is 1. The number of ether oxygens (including phenoxy) is 1. The Bertz CT molecular complexity index is 435. The summed E-state index contributed by atoms with van der Waals surface area (Å²) in [6, 6.07) is 2.32. The van der Waals surface area contributed by atoms with Crippen LogP contribution in [0.2, 0.25) is 0 Å². The normalized spacial score (nSPS) is 14.8. The number of rotatable bonds is 8. The third kappa shape index (κ3) is 4.42. The van der Waals surface area contributed by atoms with Crippen molar-refractivity contribution in [3.8, 4) is 0 Å². The van der Waals surface area contributed by atoms with Gasteiger partial charge in [0.05, 0.1) is 12.7 Å². The van der Waals surface area contributed by atoms with Crippen LogP contribution in [-0.2, 0) is 11.3 Å². The van der Waals surface area contributed by atoms with E-state index in [0.29, 0.717) is 37.1 Å². The molecule has 4 nitrogen and oxygen atoms in total. The Balaban J connectivity index is 1.93. The molecule has 0 saturated heterocycles. The highest BCUT2D eigenvalue weighted by Crippen LogP contribution is 2.22. The molecule has 1 aromatic heterocycles. The lowest BCUT2D eigenvalue weighted by atomic mass is 10.2. The molecule has 0 unspecified atom stereocenters. The van der Waals surface area contributed by atoms with E-state index in [9.17, 15) is 4.39 Å². The summed E-state index contributed by atoms with van der Waals surface area (Å²) in [6.45, 7) is 5.75. The standard InChI is InChI=1S/C15H24FN3O/c1-11(2)20-9-8-19(3)15-14(16)12(6-7-17-15)10-18-13-4-5-13/h6-7,11,13,18H,4-5,8-10H2,1-3H3. The molecular weight excluding hydrogens is 257 g/mol. The van der Waals surface area contributed by atoms with Gasteiger partial charge in [-0.25, -0.2) is 9.37 Å². The number of pyridine rings is 1. The number of anilines is 1. The third-order valence-electron chi connectivity index (χ3n) is 3.35. The van der Waals surface area contributed by atoms with E-state index in [0.717, 1.165) is 0 Å². The Morgan fingerprint density at radius 2 is 2.25 bits per heavy atom. The summed E-state index contributed by atoms with van der Waals surface area (Å²) < 4.78 is 19.9. The second-order valence-corrected chi connectivity index (χ2v) is 5.60. The summed E-state index contributed by atoms with van der Waals surface area (Å²) in [5.41, 5.74) is 0.679. The van der Waals surface area contributed by atoms with Gasteiger partial charge in [0.2, 0.25) is 0 Å². The first kappa shape index (κ1) is 15.2. The van der Waals surface area contributed by atoms with E-state index in [1.165, 1.54) is 12.8 Å². The molecule has 1 aromatic rings. The van der Waals surface area contributed by atoms with Crippen molar-refractivity contribution in [2.75, 3.05) is 25.1 Å². The Labute approximate surface area is 120 Å². The Kier molecular flexibility index (Phi) is 5.31. The van der Waals surface area contributed by atoms with Crippen LogP contribution in [0.1, 0.15) is 32.3 Å². The first-order valence-corrected chi connectivity index (χ1v) is 7.27. The van der Waals surface area contributed by atoms with Gasteiger partial charge in [-0.3, -0.25) is 0 Å². The molecule has 1 saturated carbocycles. The maximum atomic E-state index is 14.4. The van der Waals surface area contributed by atoms with Crippen molar-refractivity contribution < 1.29 is 9.13 Å². The van der Waals surface area contributed by atoms with Crippen LogP contribution >= 0.6 is 0 Å². The van der Waals surface area contributed by atoms with Crippen LogP contribution in [0.4, 0.5) is 10.2 Å². The quantitative estimate of drug-likeness (QED) is 0.793. The fourth-order valence-electron chi connectivity index (χ4n) is 1.95. The average Bonchev–Trinajstić information content (AvgIpc) is 3.21. The molecule has 0 spiro atoms. The van der Waals surface area contributed by atoms with Crippen LogP contribution in [0, 0.1) is 5.82 Å². The van der Waals surface area contributed by atoms with Crippen LogP contribution < -0.4 is 10.2 Å². The highest BCUT2D eigenvalue weighted by molar-refractivity contribution is 5.42. The lowest BCUT2D eigenvalue weighted by Crippen LogP contribution is -2.26. The predicted octanol–water partition coefficient (Wildman–Crippen LogP) is 2.33. The fourth-order valence-corrected chi connectivity index (χ4v) is 1.95. The van der Waals surface area contributed by atoms with Crippen LogP contribution in [0.3, 0.4) is 0 Å². The number of hydrogen-bond acceptors (Lipinski definition) is 4. The van der Waals surface area contributed by atoms with Crippen molar-refractivity contribution in [3.05, 3.63) is 23.6 Å². The zero-order chi connectivity index (χ0) is 14.5. The molecule has 5 heteroatoms. The maximum Gasteiger partial charge on any atom is 0.170 e. The van der Waals surface area contributed by atoms with E-state index in [1.807, 2.05) is 20.9 Å². The molecule has 0 amide bonds. The number of nitrogens with zero attached hydrogens (tertiary/aromatic N) is 2. The van der Waals surface area contributed by atoms with Gasteiger partial charge in [0.15, 0.2) is 11.6 Å². The highest BCUT2D eigenvalue weighted by Gasteiger charge is 2.21. The van der Waals surface area contributed by atoms with Gasteiger partial charge < -0.3 is 15.0 Å². The molecule has 1 fully saturated rings. The molecule has 1 heterocycles. The molecule has 2 rings (SSSR count). The molecule has 0 atom stereocenters. The molecule has 0 aromatic carbocycles. The third-order valence-corrected chi connectivity index (χ3v) is 3.35. The molecule has 112 valence electrons. The second-order valence-electron chi connectivity index (χ2n) is 5.60. The van der Waals surface area contributed by atoms with Crippen molar-refractivity contribution >= 4 is 5.82 Å². The van der Waals surface area contributed by atoms with E-state index in [2.05, 4.69) is 10.3 Å². The van der Waals surface area contributed by atoms with Gasteiger partial charge in [-0.05, 0) is 32.8 Å². The van der Waals surface area contributed by atoms with Crippen molar-refractivity contribution in [3.63, 3.8) is 0 Å². The summed E-state index contributed by atoms with van der Waals surface area (Å²) in [5, 5.41) is 3.33. The van der Waals surface area contributed by atoms with Crippen molar-refractivity contribution in [1.82, 2.24) is 10.3 Å². The van der Waals surface area contributed by atoms with Crippen molar-refractivity contribution in [2.45, 2.75) is 45.4 Å². The largest absolute Gasteiger partial charge is 0.377 e. The lowest BCUT2D eigenvalue weighted by Gasteiger charge is -2.20. The molecule has 0 radical (unpaired) electrons. The van der Waals surface area contributed by atoms with E-state index >= 15 is 0 Å². The summed E-state index contributed by atoms with van der Waals surface area (Å²) >= 11 is 0. The number of likely N-dealkylation sites (N-methyl/N-ethyl adjacent to an activating group) is 1. The van der Waals surface area contributed by atoms with Gasteiger partial charge in [-0.15, -0.1) is 0 Å². The molecule has 20 heavy (non-hydrogen) atoms. The van der Waals surface area contributed by atoms with Crippen molar-refractivity contribution in [1.29, 1.82) is 0 Å². The number of halogens is 1. The van der Waals surface area contributed by atoms with E-state index in [-0.39, 0.29) is 11.9 Å². The SMILES string of the molecule is CC(C)OCCN(C)c1nccc(CNC2CC2)c1F. The van der Waals surface area contributed by atoms with Crippen LogP contribution in [-0.4, -0.2) is 37.3 Å². The average molecular weight is 281 g/mol. The van der Waals surface area contributed by atoms with Gasteiger partial charge in [0.1, 0.15) is 0 Å². The monoisotopic (exact) mass is 281 g/mol. The van der Waals surface area contributed by atoms with Crippen LogP contribution in [0.15, 0.2) is 12.3 Å². The van der Waals surface area contributed by atoms with Crippen LogP contribution in [0.5, 0.6) is 0 Å². The summed E-state index contributed by atoms with van der Waals surface area (Å²) in [4.78, 5) is 5.95. The van der Waals surface area contributed by atoms with E-state index in [4.69, 9.17) is 4.74 Å². The lowest BCUT2D eigenvalue weighted by molar-refractivity contribution is 0.0845. The van der Waals surface area contributed by atoms with Gasteiger partial charge in [0.25, 0.3) is 0 Å². The highest BCUT2D eigenvalue weighted by atomic mass is 19.1. The first-order chi connectivity index (χ1) is 9.58. The molecule has 1 N–H and O–H groups in total. The minimum absolute atomic E-state index is 0.190. The fraction of sp³-hybridized carbons (Fsp3) is 0.667. The van der Waals surface area contributed by atoms with Gasteiger partial charge >= 0.3 is 0 Å². The molecule has 1 aliphatic carbocycles. The summed E-state index contributed by atoms with van der Waals surface area (Å²) in [5.74, 6) is 0.167. The topological polar surface area (TPSA) is 37.4 Å². The summed E-state index contributed by atoms with van der Waals surface area (Å²) in [7, 11) is 1.84. The zero-order valence-corrected chi connectivity index (χ0v) is 12.5. The minimum atomic E-state index is -0.229. The van der Waals surface area contributed by atoms with Crippen molar-refractivity contribution in [2.24, 2.45) is 0 Å². The molecule has 0 bridgehead atoms. The number of aromatic nitrogens is 1. The summed E-state index contributed by atoms with van der Waals surface area (Å²) in [6.07, 6.45) is 4.26. The first-order valence-electron chi connectivity index (χ1n) is 7.27. The Hall–Kier alpha value is -1.20. The van der Waals surface area contributed by atoms with Gasteiger partial charge in [0, 0.05) is 37.9 Å². The van der Waals surface area contributed by atoms with E-state index in [1.54, 1.807) is 17.2 Å². The van der Waals surface area contributed by atoms with Crippen LogP contribution in [0.25, 0.3) is 0 Å². The molecule has 1 aliphatic rings. The predicted molar refractivity (Wildman–Crippen MR) is 78.4 cm³/mol. The number of hydrogen-bond donors (Lipinski definition) is 1. The van der Waals surface area contributed by atoms with Gasteiger partial charge in [-0.2, -0.15) is 0 Å². The van der Waals surface area contributed by atoms with E-state index < -0.39 is 0 Å². The zero-order valence-electron chi connectivity index (χ0n) is 12.5. The second kappa shape index (κ2) is 6.99. The minimum Gasteiger partial charge on any atom is -0.377 e. The Morgan fingerprint density at radius 1 is 1.50 bits per heavy atom. The van der Waals surface area contributed by atoms with Gasteiger partial charge in [-0.1, -0.05) is 0 Å². The maximum absolute atomic E-state index is 14.4. The smallest absolute Gasteiger partial charge is 0.170 e.